The summed E-state index contributed by atoms with van der Waals surface area (Å²) in [5.41, 5.74) is 1.85. The lowest BCUT2D eigenvalue weighted by Gasteiger charge is -2.19. The number of aromatic nitrogens is 1. The number of ether oxygens (including phenoxy) is 1. The summed E-state index contributed by atoms with van der Waals surface area (Å²) < 4.78 is 10.8. The third-order valence-electron chi connectivity index (χ3n) is 3.74. The summed E-state index contributed by atoms with van der Waals surface area (Å²) in [6, 6.07) is 3.18. The molecule has 0 saturated heterocycles. The van der Waals surface area contributed by atoms with E-state index in [1.165, 1.54) is 0 Å². The third kappa shape index (κ3) is 4.03. The first-order valence-electron chi connectivity index (χ1n) is 7.54. The average Bonchev–Trinajstić information content (AvgIpc) is 2.85. The van der Waals surface area contributed by atoms with Crippen molar-refractivity contribution < 1.29 is 13.9 Å². The molecule has 0 fully saturated rings. The number of pyridine rings is 1. The minimum absolute atomic E-state index is 0.140. The molecule has 6 nitrogen and oxygen atoms in total. The van der Waals surface area contributed by atoms with Crippen LogP contribution in [0.25, 0.3) is 0 Å². The molecule has 0 aliphatic rings. The van der Waals surface area contributed by atoms with Crippen molar-refractivity contribution in [1.82, 2.24) is 15.6 Å². The van der Waals surface area contributed by atoms with Crippen LogP contribution in [-0.4, -0.2) is 18.1 Å². The topological polar surface area (TPSA) is 76.4 Å². The molecular weight excluding hydrogens is 294 g/mol. The largest absolute Gasteiger partial charge is 0.495 e. The number of carbonyl (C=O) groups is 1. The minimum atomic E-state index is -0.248. The van der Waals surface area contributed by atoms with Gasteiger partial charge in [0.15, 0.2) is 0 Å². The van der Waals surface area contributed by atoms with Crippen molar-refractivity contribution in [1.29, 1.82) is 0 Å². The molecule has 0 aliphatic heterocycles. The number of urea groups is 1. The quantitative estimate of drug-likeness (QED) is 0.886. The average molecular weight is 317 g/mol. The minimum Gasteiger partial charge on any atom is -0.495 e. The van der Waals surface area contributed by atoms with Crippen LogP contribution in [0, 0.1) is 13.8 Å². The number of furan rings is 1. The van der Waals surface area contributed by atoms with Gasteiger partial charge in [-0.3, -0.25) is 4.98 Å². The van der Waals surface area contributed by atoms with Gasteiger partial charge in [-0.15, -0.1) is 0 Å². The summed E-state index contributed by atoms with van der Waals surface area (Å²) in [5.74, 6) is 2.30. The number of aryl methyl sites for hydroxylation is 2. The van der Waals surface area contributed by atoms with Crippen molar-refractivity contribution in [2.75, 3.05) is 7.11 Å². The molecule has 0 unspecified atom stereocenters. The summed E-state index contributed by atoms with van der Waals surface area (Å²) in [6.07, 6.45) is 3.31. The lowest BCUT2D eigenvalue weighted by atomic mass is 10.1. The smallest absolute Gasteiger partial charge is 0.315 e. The first-order chi connectivity index (χ1) is 10.9. The second-order valence-electron chi connectivity index (χ2n) is 5.55. The van der Waals surface area contributed by atoms with E-state index in [4.69, 9.17) is 9.15 Å². The van der Waals surface area contributed by atoms with Gasteiger partial charge in [0, 0.05) is 17.3 Å². The molecule has 2 aromatic rings. The van der Waals surface area contributed by atoms with Gasteiger partial charge in [0.1, 0.15) is 17.3 Å². The van der Waals surface area contributed by atoms with E-state index in [0.29, 0.717) is 5.75 Å². The first kappa shape index (κ1) is 16.9. The molecule has 2 atom stereocenters. The Hall–Kier alpha value is -2.50. The van der Waals surface area contributed by atoms with E-state index in [0.717, 1.165) is 22.6 Å². The maximum atomic E-state index is 12.2. The lowest BCUT2D eigenvalue weighted by Crippen LogP contribution is -2.38. The maximum absolute atomic E-state index is 12.2. The molecule has 0 radical (unpaired) electrons. The van der Waals surface area contributed by atoms with Crippen LogP contribution < -0.4 is 15.4 Å². The molecule has 2 rings (SSSR count). The van der Waals surface area contributed by atoms with Crippen LogP contribution in [0.1, 0.15) is 48.6 Å². The normalized spacial score (nSPS) is 13.3. The molecule has 23 heavy (non-hydrogen) atoms. The molecule has 6 heteroatoms. The van der Waals surface area contributed by atoms with Gasteiger partial charge in [-0.2, -0.15) is 0 Å². The Morgan fingerprint density at radius 2 is 1.87 bits per heavy atom. The SMILES string of the molecule is COc1cnccc1[C@H](C)NC(=O)N[C@@H](C)c1cc(C)oc1C. The van der Waals surface area contributed by atoms with Gasteiger partial charge in [0.2, 0.25) is 0 Å². The number of methoxy groups -OCH3 is 1. The van der Waals surface area contributed by atoms with Crippen LogP contribution in [0.3, 0.4) is 0 Å². The number of hydrogen-bond donors (Lipinski definition) is 2. The Labute approximate surface area is 136 Å². The zero-order valence-electron chi connectivity index (χ0n) is 14.1. The fourth-order valence-electron chi connectivity index (χ4n) is 2.59. The monoisotopic (exact) mass is 317 g/mol. The molecule has 0 spiro atoms. The van der Waals surface area contributed by atoms with Crippen molar-refractivity contribution in [2.24, 2.45) is 0 Å². The van der Waals surface area contributed by atoms with Crippen LogP contribution in [0.15, 0.2) is 28.9 Å². The number of carbonyl (C=O) groups excluding carboxylic acids is 1. The van der Waals surface area contributed by atoms with E-state index in [1.54, 1.807) is 19.5 Å². The highest BCUT2D eigenvalue weighted by Crippen LogP contribution is 2.24. The van der Waals surface area contributed by atoms with Gasteiger partial charge in [-0.05, 0) is 39.8 Å². The van der Waals surface area contributed by atoms with Crippen molar-refractivity contribution >= 4 is 6.03 Å². The molecule has 0 aromatic carbocycles. The molecule has 0 saturated carbocycles. The summed E-state index contributed by atoms with van der Waals surface area (Å²) in [4.78, 5) is 16.2. The maximum Gasteiger partial charge on any atom is 0.315 e. The van der Waals surface area contributed by atoms with Gasteiger partial charge in [-0.1, -0.05) is 0 Å². The van der Waals surface area contributed by atoms with E-state index in [-0.39, 0.29) is 18.1 Å². The second kappa shape index (κ2) is 7.17. The highest BCUT2D eigenvalue weighted by molar-refractivity contribution is 5.75. The number of amides is 2. The van der Waals surface area contributed by atoms with Gasteiger partial charge >= 0.3 is 6.03 Å². The highest BCUT2D eigenvalue weighted by Gasteiger charge is 2.18. The van der Waals surface area contributed by atoms with Gasteiger partial charge < -0.3 is 19.8 Å². The van der Waals surface area contributed by atoms with Crippen molar-refractivity contribution in [3.8, 4) is 5.75 Å². The van der Waals surface area contributed by atoms with Crippen LogP contribution in [0.2, 0.25) is 0 Å². The predicted octanol–water partition coefficient (Wildman–Crippen LogP) is 3.42. The van der Waals surface area contributed by atoms with E-state index < -0.39 is 0 Å². The summed E-state index contributed by atoms with van der Waals surface area (Å²) in [6.45, 7) is 7.61. The number of rotatable bonds is 5. The molecule has 2 N–H and O–H groups in total. The fourth-order valence-corrected chi connectivity index (χ4v) is 2.59. The number of nitrogens with one attached hydrogen (secondary N) is 2. The summed E-state index contributed by atoms with van der Waals surface area (Å²) in [7, 11) is 1.58. The van der Waals surface area contributed by atoms with E-state index in [2.05, 4.69) is 15.6 Å². The molecule has 0 bridgehead atoms. The van der Waals surface area contributed by atoms with E-state index >= 15 is 0 Å². The predicted molar refractivity (Wildman–Crippen MR) is 87.5 cm³/mol. The van der Waals surface area contributed by atoms with Crippen LogP contribution in [-0.2, 0) is 0 Å². The standard InChI is InChI=1S/C17H23N3O3/c1-10-8-15(13(4)23-10)12(3)20-17(21)19-11(2)14-6-7-18-9-16(14)22-5/h6-9,11-12H,1-5H3,(H2,19,20,21)/t11-,12-/m0/s1. The fraction of sp³-hybridized carbons (Fsp3) is 0.412. The van der Waals surface area contributed by atoms with E-state index in [1.807, 2.05) is 39.8 Å². The highest BCUT2D eigenvalue weighted by atomic mass is 16.5. The number of nitrogens with zero attached hydrogens (tertiary/aromatic N) is 1. The van der Waals surface area contributed by atoms with Crippen molar-refractivity contribution in [2.45, 2.75) is 39.8 Å². The van der Waals surface area contributed by atoms with Crippen LogP contribution in [0.5, 0.6) is 5.75 Å². The second-order valence-corrected chi connectivity index (χ2v) is 5.55. The Morgan fingerprint density at radius 3 is 2.43 bits per heavy atom. The first-order valence-corrected chi connectivity index (χ1v) is 7.54. The Morgan fingerprint density at radius 1 is 1.22 bits per heavy atom. The van der Waals surface area contributed by atoms with Crippen molar-refractivity contribution in [3.63, 3.8) is 0 Å². The zero-order valence-corrected chi connectivity index (χ0v) is 14.1. The van der Waals surface area contributed by atoms with Crippen LogP contribution in [0.4, 0.5) is 4.79 Å². The summed E-state index contributed by atoms with van der Waals surface area (Å²) >= 11 is 0. The Bertz CT molecular complexity index is 681. The molecule has 2 heterocycles. The zero-order chi connectivity index (χ0) is 17.0. The van der Waals surface area contributed by atoms with Crippen molar-refractivity contribution in [3.05, 3.63) is 47.2 Å². The Balaban J connectivity index is 2.00. The Kier molecular flexibility index (Phi) is 5.26. The van der Waals surface area contributed by atoms with E-state index in [9.17, 15) is 4.79 Å². The molecule has 0 aliphatic carbocycles. The molecule has 2 amide bonds. The molecule has 124 valence electrons. The third-order valence-corrected chi connectivity index (χ3v) is 3.74. The van der Waals surface area contributed by atoms with Gasteiger partial charge in [0.05, 0.1) is 25.4 Å². The lowest BCUT2D eigenvalue weighted by molar-refractivity contribution is 0.234. The summed E-state index contributed by atoms with van der Waals surface area (Å²) in [5, 5.41) is 5.83. The molecular formula is C17H23N3O3. The molecule has 2 aromatic heterocycles. The number of hydrogen-bond acceptors (Lipinski definition) is 4. The van der Waals surface area contributed by atoms with Gasteiger partial charge in [-0.25, -0.2) is 4.79 Å². The van der Waals surface area contributed by atoms with Gasteiger partial charge in [0.25, 0.3) is 0 Å². The van der Waals surface area contributed by atoms with Crippen LogP contribution >= 0.6 is 0 Å².